The Morgan fingerprint density at radius 1 is 1.15 bits per heavy atom. The minimum absolute atomic E-state index is 0.0380. The number of benzene rings is 1. The molecule has 2 aliphatic rings. The van der Waals surface area contributed by atoms with Gasteiger partial charge in [0.05, 0.1) is 10.8 Å². The number of carbonyl (C=O) groups excluding carboxylic acids is 2. The molecule has 1 N–H and O–H groups in total. The van der Waals surface area contributed by atoms with Gasteiger partial charge in [0.15, 0.2) is 0 Å². The number of hydrogen-bond acceptors (Lipinski definition) is 3. The molecule has 0 spiro atoms. The molecule has 26 heavy (non-hydrogen) atoms. The summed E-state index contributed by atoms with van der Waals surface area (Å²) in [4.78, 5) is 28.3. The maximum absolute atomic E-state index is 12.9. The number of amides is 2. The molecule has 1 aromatic heterocycles. The molecule has 2 atom stereocenters. The molecule has 1 saturated carbocycles. The van der Waals surface area contributed by atoms with Crippen molar-refractivity contribution in [2.45, 2.75) is 25.7 Å². The smallest absolute Gasteiger partial charge is 0.263 e. The molecule has 1 aliphatic carbocycles. The zero-order valence-corrected chi connectivity index (χ0v) is 15.8. The molecular formula is C21H24N2O2S. The molecule has 2 heterocycles. The van der Waals surface area contributed by atoms with Gasteiger partial charge in [-0.1, -0.05) is 30.3 Å². The first-order chi connectivity index (χ1) is 12.6. The first-order valence-corrected chi connectivity index (χ1v) is 10.2. The fourth-order valence-electron chi connectivity index (χ4n) is 3.81. The van der Waals surface area contributed by atoms with Crippen molar-refractivity contribution in [1.29, 1.82) is 0 Å². The minimum Gasteiger partial charge on any atom is -0.356 e. The van der Waals surface area contributed by atoms with Crippen LogP contribution < -0.4 is 5.32 Å². The molecule has 136 valence electrons. The summed E-state index contributed by atoms with van der Waals surface area (Å²) in [6.45, 7) is 3.95. The molecule has 4 rings (SSSR count). The van der Waals surface area contributed by atoms with E-state index in [0.29, 0.717) is 19.0 Å². The summed E-state index contributed by atoms with van der Waals surface area (Å²) in [7, 11) is 0. The number of hydrogen-bond donors (Lipinski definition) is 1. The van der Waals surface area contributed by atoms with Gasteiger partial charge in [-0.25, -0.2) is 0 Å². The average molecular weight is 369 g/mol. The molecule has 0 radical (unpaired) electrons. The van der Waals surface area contributed by atoms with Gasteiger partial charge in [-0.15, -0.1) is 11.3 Å². The molecule has 1 saturated heterocycles. The Morgan fingerprint density at radius 3 is 2.65 bits per heavy atom. The third-order valence-electron chi connectivity index (χ3n) is 5.53. The summed E-state index contributed by atoms with van der Waals surface area (Å²) in [5.41, 5.74) is 2.36. The number of likely N-dealkylation sites (tertiary alicyclic amines) is 1. The maximum atomic E-state index is 12.9. The first-order valence-electron chi connectivity index (χ1n) is 9.29. The lowest BCUT2D eigenvalue weighted by Gasteiger charge is -2.19. The molecule has 1 aliphatic heterocycles. The van der Waals surface area contributed by atoms with Gasteiger partial charge in [-0.3, -0.25) is 9.59 Å². The van der Waals surface area contributed by atoms with Gasteiger partial charge < -0.3 is 10.2 Å². The fraction of sp³-hybridized carbons (Fsp3) is 0.429. The zero-order chi connectivity index (χ0) is 18.1. The average Bonchev–Trinajstić information content (AvgIpc) is 3.13. The molecule has 4 nitrogen and oxygen atoms in total. The second-order valence-corrected chi connectivity index (χ2v) is 8.39. The highest BCUT2D eigenvalue weighted by Crippen LogP contribution is 2.36. The van der Waals surface area contributed by atoms with Crippen LogP contribution in [0.5, 0.6) is 0 Å². The molecule has 0 bridgehead atoms. The second-order valence-electron chi connectivity index (χ2n) is 7.45. The van der Waals surface area contributed by atoms with Crippen molar-refractivity contribution in [3.8, 4) is 0 Å². The number of aryl methyl sites for hydroxylation is 1. The van der Waals surface area contributed by atoms with Crippen LogP contribution in [0, 0.1) is 18.8 Å². The lowest BCUT2D eigenvalue weighted by Crippen LogP contribution is -2.36. The van der Waals surface area contributed by atoms with Crippen molar-refractivity contribution in [3.05, 3.63) is 57.8 Å². The normalized spacial score (nSPS) is 22.4. The van der Waals surface area contributed by atoms with Crippen molar-refractivity contribution in [3.63, 3.8) is 0 Å². The fourth-order valence-corrected chi connectivity index (χ4v) is 4.50. The Kier molecular flexibility index (Phi) is 4.81. The molecule has 2 fully saturated rings. The SMILES string of the molecule is Cc1ccccc1C1CN(C(=O)c2cccs2)CC1C(=O)NCC1CC1. The number of nitrogens with zero attached hydrogens (tertiary/aromatic N) is 1. The summed E-state index contributed by atoms with van der Waals surface area (Å²) in [6, 6.07) is 12.0. The van der Waals surface area contributed by atoms with Crippen LogP contribution in [0.3, 0.4) is 0 Å². The van der Waals surface area contributed by atoms with Gasteiger partial charge >= 0.3 is 0 Å². The quantitative estimate of drug-likeness (QED) is 0.879. The summed E-state index contributed by atoms with van der Waals surface area (Å²) >= 11 is 1.46. The van der Waals surface area contributed by atoms with Gasteiger partial charge in [-0.05, 0) is 48.3 Å². The highest BCUT2D eigenvalue weighted by molar-refractivity contribution is 7.12. The summed E-state index contributed by atoms with van der Waals surface area (Å²) < 4.78 is 0. The van der Waals surface area contributed by atoms with Crippen molar-refractivity contribution in [2.75, 3.05) is 19.6 Å². The summed E-state index contributed by atoms with van der Waals surface area (Å²) in [5.74, 6) is 0.655. The molecule has 2 aromatic rings. The highest BCUT2D eigenvalue weighted by atomic mass is 32.1. The monoisotopic (exact) mass is 368 g/mol. The van der Waals surface area contributed by atoms with E-state index in [1.54, 1.807) is 0 Å². The third-order valence-corrected chi connectivity index (χ3v) is 6.38. The van der Waals surface area contributed by atoms with Crippen LogP contribution in [-0.2, 0) is 4.79 Å². The first kappa shape index (κ1) is 17.3. The van der Waals surface area contributed by atoms with Crippen LogP contribution in [0.25, 0.3) is 0 Å². The van der Waals surface area contributed by atoms with E-state index in [-0.39, 0.29) is 23.7 Å². The van der Waals surface area contributed by atoms with E-state index in [0.717, 1.165) is 11.4 Å². The Bertz CT molecular complexity index is 798. The Hall–Kier alpha value is -2.14. The topological polar surface area (TPSA) is 49.4 Å². The van der Waals surface area contributed by atoms with E-state index in [1.807, 2.05) is 34.5 Å². The van der Waals surface area contributed by atoms with E-state index in [4.69, 9.17) is 0 Å². The van der Waals surface area contributed by atoms with Crippen LogP contribution >= 0.6 is 11.3 Å². The lowest BCUT2D eigenvalue weighted by molar-refractivity contribution is -0.125. The predicted molar refractivity (Wildman–Crippen MR) is 103 cm³/mol. The standard InChI is InChI=1S/C21H24N2O2S/c1-14-5-2-3-6-16(14)17-12-23(21(25)19-7-4-10-26-19)13-18(17)20(24)22-11-15-8-9-15/h2-7,10,15,17-18H,8-9,11-13H2,1H3,(H,22,24). The van der Waals surface area contributed by atoms with Crippen LogP contribution in [-0.4, -0.2) is 36.3 Å². The lowest BCUT2D eigenvalue weighted by atomic mass is 9.86. The van der Waals surface area contributed by atoms with E-state index in [2.05, 4.69) is 24.4 Å². The van der Waals surface area contributed by atoms with Gasteiger partial charge in [0.1, 0.15) is 0 Å². The van der Waals surface area contributed by atoms with Crippen LogP contribution in [0.1, 0.15) is 39.6 Å². The van der Waals surface area contributed by atoms with Crippen molar-refractivity contribution in [1.82, 2.24) is 10.2 Å². The third kappa shape index (κ3) is 3.54. The molecule has 5 heteroatoms. The number of carbonyl (C=O) groups is 2. The molecule has 2 unspecified atom stereocenters. The van der Waals surface area contributed by atoms with Crippen LogP contribution in [0.15, 0.2) is 41.8 Å². The van der Waals surface area contributed by atoms with Crippen LogP contribution in [0.2, 0.25) is 0 Å². The molecule has 1 aromatic carbocycles. The number of nitrogens with one attached hydrogen (secondary N) is 1. The number of thiophene rings is 1. The highest BCUT2D eigenvalue weighted by Gasteiger charge is 2.41. The van der Waals surface area contributed by atoms with Gasteiger partial charge in [-0.2, -0.15) is 0 Å². The van der Waals surface area contributed by atoms with Gasteiger partial charge in [0.2, 0.25) is 5.91 Å². The summed E-state index contributed by atoms with van der Waals surface area (Å²) in [6.07, 6.45) is 2.43. The largest absolute Gasteiger partial charge is 0.356 e. The Balaban J connectivity index is 1.56. The molecule has 2 amide bonds. The Labute approximate surface area is 158 Å². The second kappa shape index (κ2) is 7.23. The number of rotatable bonds is 5. The zero-order valence-electron chi connectivity index (χ0n) is 15.0. The minimum atomic E-state index is -0.182. The van der Waals surface area contributed by atoms with Crippen molar-refractivity contribution >= 4 is 23.2 Å². The van der Waals surface area contributed by atoms with Crippen LogP contribution in [0.4, 0.5) is 0 Å². The van der Waals surface area contributed by atoms with E-state index >= 15 is 0 Å². The van der Waals surface area contributed by atoms with Gasteiger partial charge in [0.25, 0.3) is 5.91 Å². The van der Waals surface area contributed by atoms with Gasteiger partial charge in [0, 0.05) is 25.6 Å². The maximum Gasteiger partial charge on any atom is 0.263 e. The van der Waals surface area contributed by atoms with Crippen molar-refractivity contribution in [2.24, 2.45) is 11.8 Å². The van der Waals surface area contributed by atoms with E-state index in [1.165, 1.54) is 35.3 Å². The predicted octanol–water partition coefficient (Wildman–Crippen LogP) is 3.44. The van der Waals surface area contributed by atoms with Crippen molar-refractivity contribution < 1.29 is 9.59 Å². The molecular weight excluding hydrogens is 344 g/mol. The summed E-state index contributed by atoms with van der Waals surface area (Å²) in [5, 5.41) is 5.04. The van der Waals surface area contributed by atoms with E-state index in [9.17, 15) is 9.59 Å². The Morgan fingerprint density at radius 2 is 1.96 bits per heavy atom. The van der Waals surface area contributed by atoms with E-state index < -0.39 is 0 Å².